The topological polar surface area (TPSA) is 182 Å². The predicted octanol–water partition coefficient (Wildman–Crippen LogP) is 0.316. The number of aromatic nitrogens is 3. The molecule has 0 aromatic carbocycles. The van der Waals surface area contributed by atoms with Crippen LogP contribution in [0.1, 0.15) is 89.8 Å². The molecule has 1 saturated carbocycles. The van der Waals surface area contributed by atoms with E-state index in [-0.39, 0.29) is 38.3 Å². The molecule has 228 valence electrons. The minimum atomic E-state index is -1.50. The van der Waals surface area contributed by atoms with Crippen LogP contribution in [0.15, 0.2) is 6.20 Å². The number of nitrogens with zero attached hydrogens (tertiary/aromatic N) is 4. The number of rotatable bonds is 10. The number of Topliss-reactive ketones (excluding diaryl/α,β-unsaturated/α-hetero) is 1. The van der Waals surface area contributed by atoms with Gasteiger partial charge in [-0.1, -0.05) is 37.3 Å². The van der Waals surface area contributed by atoms with Gasteiger partial charge in [-0.2, -0.15) is 0 Å². The Labute approximate surface area is 240 Å². The summed E-state index contributed by atoms with van der Waals surface area (Å²) in [7, 11) is 1.75. The molecule has 3 aliphatic rings. The Kier molecular flexibility index (Phi) is 9.81. The molecule has 1 aliphatic carbocycles. The molecule has 1 aromatic rings. The SMILES string of the molecule is CN[C@H](CC1CCCCC1)C(=O)N1C[C@@H](n2nncc2C(C)(C)O)C[C@H]1C(=O)NC1(C(=O)C(N)=O)CCCOCC1. The number of carbonyl (C=O) groups excluding carboxylic acids is 4. The number of likely N-dealkylation sites (N-methyl/N-ethyl adjacent to an activating group) is 1. The van der Waals surface area contributed by atoms with E-state index in [4.69, 9.17) is 10.5 Å². The molecule has 41 heavy (non-hydrogen) atoms. The van der Waals surface area contributed by atoms with Crippen LogP contribution in [0.25, 0.3) is 0 Å². The van der Waals surface area contributed by atoms with E-state index in [0.29, 0.717) is 31.1 Å². The lowest BCUT2D eigenvalue weighted by Crippen LogP contribution is -2.62. The number of nitrogens with two attached hydrogens (primary N) is 1. The van der Waals surface area contributed by atoms with Crippen molar-refractivity contribution >= 4 is 23.5 Å². The van der Waals surface area contributed by atoms with Gasteiger partial charge in [-0.15, -0.1) is 5.10 Å². The Bertz CT molecular complexity index is 1100. The van der Waals surface area contributed by atoms with Crippen LogP contribution in [0.5, 0.6) is 0 Å². The molecular formula is C28H45N7O6. The molecule has 0 bridgehead atoms. The first-order valence-electron chi connectivity index (χ1n) is 14.8. The van der Waals surface area contributed by atoms with Crippen molar-refractivity contribution in [1.82, 2.24) is 30.5 Å². The third kappa shape index (κ3) is 6.95. The van der Waals surface area contributed by atoms with E-state index < -0.39 is 46.9 Å². The van der Waals surface area contributed by atoms with Gasteiger partial charge in [0.15, 0.2) is 0 Å². The molecule has 3 fully saturated rings. The molecule has 13 heteroatoms. The third-order valence-electron chi connectivity index (χ3n) is 8.94. The van der Waals surface area contributed by atoms with Crippen LogP contribution in [0.3, 0.4) is 0 Å². The van der Waals surface area contributed by atoms with Crippen LogP contribution in [-0.2, 0) is 29.5 Å². The molecule has 4 atom stereocenters. The van der Waals surface area contributed by atoms with Crippen LogP contribution in [0.2, 0.25) is 0 Å². The Hall–Kier alpha value is -2.90. The zero-order valence-electron chi connectivity index (χ0n) is 24.4. The second kappa shape index (κ2) is 13.0. The van der Waals surface area contributed by atoms with Gasteiger partial charge in [-0.25, -0.2) is 4.68 Å². The maximum absolute atomic E-state index is 14.1. The van der Waals surface area contributed by atoms with Crippen LogP contribution in [-0.4, -0.2) is 92.9 Å². The third-order valence-corrected chi connectivity index (χ3v) is 8.94. The van der Waals surface area contributed by atoms with E-state index in [0.717, 1.165) is 25.7 Å². The molecule has 4 rings (SSSR count). The van der Waals surface area contributed by atoms with Gasteiger partial charge in [-0.3, -0.25) is 19.2 Å². The fourth-order valence-electron chi connectivity index (χ4n) is 6.65. The summed E-state index contributed by atoms with van der Waals surface area (Å²) in [4.78, 5) is 54.7. The molecule has 2 aliphatic heterocycles. The lowest BCUT2D eigenvalue weighted by Gasteiger charge is -2.35. The Morgan fingerprint density at radius 2 is 1.90 bits per heavy atom. The summed E-state index contributed by atoms with van der Waals surface area (Å²) in [6, 6.07) is -1.86. The van der Waals surface area contributed by atoms with Gasteiger partial charge < -0.3 is 31.1 Å². The molecule has 0 spiro atoms. The van der Waals surface area contributed by atoms with Crippen LogP contribution in [0.4, 0.5) is 0 Å². The van der Waals surface area contributed by atoms with Gasteiger partial charge in [0.05, 0.1) is 24.0 Å². The highest BCUT2D eigenvalue weighted by molar-refractivity contribution is 6.39. The van der Waals surface area contributed by atoms with E-state index >= 15 is 0 Å². The number of primary amides is 1. The summed E-state index contributed by atoms with van der Waals surface area (Å²) in [5.41, 5.74) is 3.12. The first-order valence-corrected chi connectivity index (χ1v) is 14.8. The molecule has 2 saturated heterocycles. The number of ether oxygens (including phenoxy) is 1. The van der Waals surface area contributed by atoms with Crippen molar-refractivity contribution in [2.45, 2.75) is 107 Å². The molecule has 3 heterocycles. The summed E-state index contributed by atoms with van der Waals surface area (Å²) in [6.45, 7) is 4.01. The standard InChI is InChI=1S/C28H45N7O6/c1-27(2,40)22-16-31-33-35(22)19-15-21(25(38)32-28(23(36)24(29)37)10-7-12-41-13-11-28)34(17-19)26(39)20(30-3)14-18-8-5-4-6-9-18/h16,18-21,30,40H,4-15,17H2,1-3H3,(H2,29,37)(H,32,38)/t19-,20+,21-,28?/m0/s1. The first kappa shape index (κ1) is 31.0. The quantitative estimate of drug-likeness (QED) is 0.286. The normalized spacial score (nSPS) is 26.8. The second-order valence-electron chi connectivity index (χ2n) is 12.3. The molecule has 1 unspecified atom stereocenters. The lowest BCUT2D eigenvalue weighted by atomic mass is 9.84. The largest absolute Gasteiger partial charge is 0.384 e. The fourth-order valence-corrected chi connectivity index (χ4v) is 6.65. The number of ketones is 1. The molecule has 13 nitrogen and oxygen atoms in total. The zero-order chi connectivity index (χ0) is 29.8. The van der Waals surface area contributed by atoms with Crippen molar-refractivity contribution in [3.05, 3.63) is 11.9 Å². The number of hydrogen-bond acceptors (Lipinski definition) is 9. The minimum Gasteiger partial charge on any atom is -0.384 e. The van der Waals surface area contributed by atoms with Gasteiger partial charge in [0, 0.05) is 32.6 Å². The second-order valence-corrected chi connectivity index (χ2v) is 12.3. The average molecular weight is 576 g/mol. The van der Waals surface area contributed by atoms with Crippen molar-refractivity contribution in [2.75, 3.05) is 26.8 Å². The lowest BCUT2D eigenvalue weighted by molar-refractivity contribution is -0.145. The number of nitrogens with one attached hydrogen (secondary N) is 2. The molecule has 0 radical (unpaired) electrons. The maximum Gasteiger partial charge on any atom is 0.287 e. The monoisotopic (exact) mass is 575 g/mol. The van der Waals surface area contributed by atoms with Crippen molar-refractivity contribution in [3.8, 4) is 0 Å². The minimum absolute atomic E-state index is 0.108. The highest BCUT2D eigenvalue weighted by atomic mass is 16.5. The maximum atomic E-state index is 14.1. The smallest absolute Gasteiger partial charge is 0.287 e. The van der Waals surface area contributed by atoms with Crippen molar-refractivity contribution in [3.63, 3.8) is 0 Å². The van der Waals surface area contributed by atoms with Crippen LogP contribution >= 0.6 is 0 Å². The summed E-state index contributed by atoms with van der Waals surface area (Å²) < 4.78 is 7.08. The number of hydrogen-bond donors (Lipinski definition) is 4. The highest BCUT2D eigenvalue weighted by Gasteiger charge is 2.48. The van der Waals surface area contributed by atoms with E-state index in [2.05, 4.69) is 20.9 Å². The summed E-state index contributed by atoms with van der Waals surface area (Å²) in [5, 5.41) is 24.9. The summed E-state index contributed by atoms with van der Waals surface area (Å²) in [5.74, 6) is -2.30. The molecule has 5 N–H and O–H groups in total. The van der Waals surface area contributed by atoms with Gasteiger partial charge >= 0.3 is 0 Å². The number of carbonyl (C=O) groups is 4. The molecule has 3 amide bonds. The number of likely N-dealkylation sites (tertiary alicyclic amines) is 1. The van der Waals surface area contributed by atoms with Gasteiger partial charge in [0.1, 0.15) is 17.2 Å². The van der Waals surface area contributed by atoms with Gasteiger partial charge in [0.25, 0.3) is 5.91 Å². The Morgan fingerprint density at radius 3 is 2.56 bits per heavy atom. The molecule has 1 aromatic heterocycles. The predicted molar refractivity (Wildman–Crippen MR) is 148 cm³/mol. The summed E-state index contributed by atoms with van der Waals surface area (Å²) in [6.07, 6.45) is 8.79. The van der Waals surface area contributed by atoms with E-state index in [1.165, 1.54) is 12.6 Å². The van der Waals surface area contributed by atoms with Crippen molar-refractivity contribution < 1.29 is 29.0 Å². The van der Waals surface area contributed by atoms with E-state index in [1.54, 1.807) is 30.5 Å². The highest BCUT2D eigenvalue weighted by Crippen LogP contribution is 2.34. The van der Waals surface area contributed by atoms with Gasteiger partial charge in [-0.05, 0) is 46.1 Å². The van der Waals surface area contributed by atoms with Crippen molar-refractivity contribution in [1.29, 1.82) is 0 Å². The summed E-state index contributed by atoms with van der Waals surface area (Å²) >= 11 is 0. The molecular weight excluding hydrogens is 530 g/mol. The van der Waals surface area contributed by atoms with E-state index in [9.17, 15) is 24.3 Å². The average Bonchev–Trinajstić information content (AvgIpc) is 3.55. The fraction of sp³-hybridized carbons (Fsp3) is 0.786. The van der Waals surface area contributed by atoms with E-state index in [1.807, 2.05) is 0 Å². The Balaban J connectivity index is 1.63. The van der Waals surface area contributed by atoms with Crippen LogP contribution < -0.4 is 16.4 Å². The zero-order valence-corrected chi connectivity index (χ0v) is 24.4. The number of amides is 3. The first-order chi connectivity index (χ1) is 19.5. The van der Waals surface area contributed by atoms with Crippen molar-refractivity contribution in [2.24, 2.45) is 11.7 Å². The van der Waals surface area contributed by atoms with Crippen LogP contribution in [0, 0.1) is 5.92 Å². The Morgan fingerprint density at radius 1 is 1.17 bits per heavy atom. The number of aliphatic hydroxyl groups is 1. The van der Waals surface area contributed by atoms with Gasteiger partial charge in [0.2, 0.25) is 17.6 Å².